The molecule has 0 aliphatic carbocycles. The minimum Gasteiger partial charge on any atom is -0.360 e. The average molecular weight is 421 g/mol. The number of anilines is 2. The number of nitrogens with one attached hydrogen (secondary N) is 2. The number of nitrogens with zero attached hydrogens (tertiary/aromatic N) is 1. The molecule has 7 heteroatoms. The standard InChI is InChI=1S/C21H23Cl2N3O2/c1-14-3-8-18(22)21(20(14)23)24-19(28)13-25-9-11-26(12-10-25)17-6-4-16(5-7-17)15(2)27/h3-8H,9-13H2,1-2H3,(H,24,28)/p+1. The summed E-state index contributed by atoms with van der Waals surface area (Å²) in [7, 11) is 0. The molecule has 28 heavy (non-hydrogen) atoms. The number of benzene rings is 2. The first kappa shape index (κ1) is 20.6. The van der Waals surface area contributed by atoms with Gasteiger partial charge in [-0.05, 0) is 49.7 Å². The zero-order valence-electron chi connectivity index (χ0n) is 16.0. The van der Waals surface area contributed by atoms with Gasteiger partial charge in [0.05, 0.1) is 41.9 Å². The number of quaternary nitrogens is 1. The van der Waals surface area contributed by atoms with Crippen LogP contribution in [0.4, 0.5) is 11.4 Å². The Morgan fingerprint density at radius 1 is 1.07 bits per heavy atom. The summed E-state index contributed by atoms with van der Waals surface area (Å²) in [5, 5.41) is 3.78. The summed E-state index contributed by atoms with van der Waals surface area (Å²) in [5.41, 5.74) is 3.18. The second-order valence-corrected chi connectivity index (χ2v) is 7.90. The summed E-state index contributed by atoms with van der Waals surface area (Å²) in [6, 6.07) is 11.3. The molecule has 2 aromatic rings. The third kappa shape index (κ3) is 4.85. The van der Waals surface area contributed by atoms with Crippen molar-refractivity contribution in [3.63, 3.8) is 0 Å². The topological polar surface area (TPSA) is 53.9 Å². The Labute approximate surface area is 175 Å². The van der Waals surface area contributed by atoms with Gasteiger partial charge in [-0.2, -0.15) is 0 Å². The molecule has 0 aromatic heterocycles. The highest BCUT2D eigenvalue weighted by Crippen LogP contribution is 2.32. The van der Waals surface area contributed by atoms with Crippen molar-refractivity contribution in [2.75, 3.05) is 42.9 Å². The Kier molecular flexibility index (Phi) is 6.60. The largest absolute Gasteiger partial charge is 0.360 e. The van der Waals surface area contributed by atoms with Crippen LogP contribution in [0.2, 0.25) is 10.0 Å². The first-order valence-corrected chi connectivity index (χ1v) is 10.0. The van der Waals surface area contributed by atoms with Gasteiger partial charge in [0.25, 0.3) is 5.91 Å². The zero-order valence-corrected chi connectivity index (χ0v) is 17.5. The van der Waals surface area contributed by atoms with Crippen LogP contribution in [0.25, 0.3) is 0 Å². The number of rotatable bonds is 5. The van der Waals surface area contributed by atoms with E-state index in [4.69, 9.17) is 23.2 Å². The molecule has 5 nitrogen and oxygen atoms in total. The molecule has 0 radical (unpaired) electrons. The van der Waals surface area contributed by atoms with Gasteiger partial charge in [0.2, 0.25) is 0 Å². The normalized spacial score (nSPS) is 14.8. The predicted octanol–water partition coefficient (Wildman–Crippen LogP) is 2.85. The first-order valence-electron chi connectivity index (χ1n) is 9.29. The van der Waals surface area contributed by atoms with Crippen LogP contribution in [0.15, 0.2) is 36.4 Å². The fourth-order valence-electron chi connectivity index (χ4n) is 3.35. The van der Waals surface area contributed by atoms with Crippen LogP contribution in [-0.2, 0) is 4.79 Å². The lowest BCUT2D eigenvalue weighted by molar-refractivity contribution is -0.892. The van der Waals surface area contributed by atoms with Crippen LogP contribution < -0.4 is 15.1 Å². The van der Waals surface area contributed by atoms with Gasteiger partial charge in [-0.15, -0.1) is 0 Å². The van der Waals surface area contributed by atoms with Crippen LogP contribution >= 0.6 is 23.2 Å². The lowest BCUT2D eigenvalue weighted by Gasteiger charge is -2.33. The Hall–Kier alpha value is -2.08. The summed E-state index contributed by atoms with van der Waals surface area (Å²) in [6.07, 6.45) is 0. The van der Waals surface area contributed by atoms with Crippen molar-refractivity contribution in [3.8, 4) is 0 Å². The van der Waals surface area contributed by atoms with E-state index in [1.807, 2.05) is 37.3 Å². The molecular weight excluding hydrogens is 397 g/mol. The van der Waals surface area contributed by atoms with Gasteiger partial charge in [-0.25, -0.2) is 0 Å². The summed E-state index contributed by atoms with van der Waals surface area (Å²) < 4.78 is 0. The number of carbonyl (C=O) groups excluding carboxylic acids is 2. The molecule has 2 N–H and O–H groups in total. The third-order valence-corrected chi connectivity index (χ3v) is 5.87. The maximum Gasteiger partial charge on any atom is 0.279 e. The molecule has 0 saturated carbocycles. The van der Waals surface area contributed by atoms with Gasteiger partial charge >= 0.3 is 0 Å². The zero-order chi connectivity index (χ0) is 20.3. The average Bonchev–Trinajstić information content (AvgIpc) is 2.69. The molecule has 1 aliphatic rings. The number of hydrogen-bond acceptors (Lipinski definition) is 3. The molecule has 0 spiro atoms. The quantitative estimate of drug-likeness (QED) is 0.731. The molecule has 1 saturated heterocycles. The molecule has 1 aliphatic heterocycles. The second-order valence-electron chi connectivity index (χ2n) is 7.12. The van der Waals surface area contributed by atoms with Gasteiger partial charge in [0, 0.05) is 11.3 Å². The molecule has 0 unspecified atom stereocenters. The summed E-state index contributed by atoms with van der Waals surface area (Å²) in [4.78, 5) is 27.3. The smallest absolute Gasteiger partial charge is 0.279 e. The molecule has 1 heterocycles. The highest BCUT2D eigenvalue weighted by atomic mass is 35.5. The fourth-order valence-corrected chi connectivity index (χ4v) is 3.81. The monoisotopic (exact) mass is 420 g/mol. The molecule has 0 atom stereocenters. The molecule has 2 aromatic carbocycles. The van der Waals surface area contributed by atoms with Gasteiger partial charge in [-0.3, -0.25) is 9.59 Å². The van der Waals surface area contributed by atoms with Crippen molar-refractivity contribution in [2.24, 2.45) is 0 Å². The molecule has 148 valence electrons. The van der Waals surface area contributed by atoms with Crippen molar-refractivity contribution in [2.45, 2.75) is 13.8 Å². The Balaban J connectivity index is 1.53. The van der Waals surface area contributed by atoms with Gasteiger partial charge in [-0.1, -0.05) is 29.3 Å². The van der Waals surface area contributed by atoms with E-state index in [-0.39, 0.29) is 11.7 Å². The highest BCUT2D eigenvalue weighted by Gasteiger charge is 2.23. The van der Waals surface area contributed by atoms with E-state index >= 15 is 0 Å². The maximum atomic E-state index is 12.5. The van der Waals surface area contributed by atoms with Gasteiger partial charge in [0.15, 0.2) is 12.3 Å². The SMILES string of the molecule is CC(=O)c1ccc(N2CC[NH+](CC(=O)Nc3c(Cl)ccc(C)c3Cl)CC2)cc1. The highest BCUT2D eigenvalue weighted by molar-refractivity contribution is 6.40. The lowest BCUT2D eigenvalue weighted by atomic mass is 10.1. The molecule has 0 bridgehead atoms. The summed E-state index contributed by atoms with van der Waals surface area (Å²) in [5.74, 6) is -0.0238. The van der Waals surface area contributed by atoms with Crippen molar-refractivity contribution >= 4 is 46.3 Å². The number of aryl methyl sites for hydroxylation is 1. The Bertz CT molecular complexity index is 876. The second kappa shape index (κ2) is 8.95. The molecule has 1 amide bonds. The van der Waals surface area contributed by atoms with Crippen LogP contribution in [-0.4, -0.2) is 44.4 Å². The van der Waals surface area contributed by atoms with E-state index in [1.165, 1.54) is 4.90 Å². The van der Waals surface area contributed by atoms with E-state index in [0.717, 1.165) is 43.0 Å². The van der Waals surface area contributed by atoms with Gasteiger partial charge < -0.3 is 15.1 Å². The van der Waals surface area contributed by atoms with Crippen molar-refractivity contribution in [1.82, 2.24) is 0 Å². The Morgan fingerprint density at radius 2 is 1.71 bits per heavy atom. The van der Waals surface area contributed by atoms with E-state index in [1.54, 1.807) is 13.0 Å². The summed E-state index contributed by atoms with van der Waals surface area (Å²) in [6.45, 7) is 7.25. The third-order valence-electron chi connectivity index (χ3n) is 5.07. The number of carbonyl (C=O) groups is 2. The minimum atomic E-state index is -0.0938. The number of hydrogen-bond donors (Lipinski definition) is 2. The lowest BCUT2D eigenvalue weighted by Crippen LogP contribution is -3.15. The molecule has 3 rings (SSSR count). The number of piperazine rings is 1. The maximum absolute atomic E-state index is 12.5. The molecular formula is C21H24Cl2N3O2+. The predicted molar refractivity (Wildman–Crippen MR) is 114 cm³/mol. The number of amides is 1. The van der Waals surface area contributed by atoms with Crippen molar-refractivity contribution < 1.29 is 14.5 Å². The van der Waals surface area contributed by atoms with Crippen LogP contribution in [0.3, 0.4) is 0 Å². The minimum absolute atomic E-state index is 0.0700. The van der Waals surface area contributed by atoms with E-state index in [9.17, 15) is 9.59 Å². The Morgan fingerprint density at radius 3 is 2.32 bits per heavy atom. The van der Waals surface area contributed by atoms with Crippen molar-refractivity contribution in [3.05, 3.63) is 57.6 Å². The number of Topliss-reactive ketones (excluding diaryl/α,β-unsaturated/α-hetero) is 1. The van der Waals surface area contributed by atoms with Crippen LogP contribution in [0.1, 0.15) is 22.8 Å². The van der Waals surface area contributed by atoms with E-state index in [0.29, 0.717) is 22.3 Å². The van der Waals surface area contributed by atoms with Crippen LogP contribution in [0.5, 0.6) is 0 Å². The van der Waals surface area contributed by atoms with E-state index < -0.39 is 0 Å². The van der Waals surface area contributed by atoms with Gasteiger partial charge in [0.1, 0.15) is 0 Å². The first-order chi connectivity index (χ1) is 13.3. The molecule has 1 fully saturated rings. The number of halogens is 2. The van der Waals surface area contributed by atoms with Crippen molar-refractivity contribution in [1.29, 1.82) is 0 Å². The number of ketones is 1. The van der Waals surface area contributed by atoms with E-state index in [2.05, 4.69) is 10.2 Å². The van der Waals surface area contributed by atoms with Crippen LogP contribution in [0, 0.1) is 6.92 Å². The summed E-state index contributed by atoms with van der Waals surface area (Å²) >= 11 is 12.4. The fraction of sp³-hybridized carbons (Fsp3) is 0.333.